The third-order valence-electron chi connectivity index (χ3n) is 11.3. The molecule has 264 valence electrons. The fourth-order valence-electron chi connectivity index (χ4n) is 8.64. The van der Waals surface area contributed by atoms with Crippen LogP contribution in [0.15, 0.2) is 66.7 Å². The predicted molar refractivity (Wildman–Crippen MR) is 184 cm³/mol. The van der Waals surface area contributed by atoms with Gasteiger partial charge in [0.1, 0.15) is 23.0 Å². The maximum absolute atomic E-state index is 13.7. The van der Waals surface area contributed by atoms with Crippen LogP contribution in [0.2, 0.25) is 0 Å². The Morgan fingerprint density at radius 2 is 1.54 bits per heavy atom. The summed E-state index contributed by atoms with van der Waals surface area (Å²) in [5.41, 5.74) is 0.426. The average Bonchev–Trinajstić information content (AvgIpc) is 3.40. The largest absolute Gasteiger partial charge is 0.438 e. The Kier molecular flexibility index (Phi) is 9.33. The Morgan fingerprint density at radius 3 is 2.16 bits per heavy atom. The molecule has 2 aliphatic carbocycles. The van der Waals surface area contributed by atoms with E-state index in [1.807, 2.05) is 24.3 Å². The summed E-state index contributed by atoms with van der Waals surface area (Å²) in [6, 6.07) is 17.0. The Morgan fingerprint density at radius 1 is 0.900 bits per heavy atom. The highest BCUT2D eigenvalue weighted by Crippen LogP contribution is 2.57. The van der Waals surface area contributed by atoms with E-state index in [2.05, 4.69) is 61.6 Å². The van der Waals surface area contributed by atoms with Crippen molar-refractivity contribution in [3.63, 3.8) is 0 Å². The quantitative estimate of drug-likeness (QED) is 0.102. The molecule has 0 bridgehead atoms. The summed E-state index contributed by atoms with van der Waals surface area (Å²) in [5, 5.41) is 3.37. The third-order valence-corrected chi connectivity index (χ3v) is 11.3. The number of alkyl halides is 3. The summed E-state index contributed by atoms with van der Waals surface area (Å²) in [5.74, 6) is 0.646. The van der Waals surface area contributed by atoms with Crippen LogP contribution in [0, 0.1) is 28.9 Å². The fraction of sp³-hybridized carbons (Fsp3) is 0.462. The van der Waals surface area contributed by atoms with E-state index in [1.165, 1.54) is 36.4 Å². The van der Waals surface area contributed by atoms with Crippen LogP contribution < -0.4 is 5.32 Å². The number of aromatic nitrogens is 4. The standard InChI is InChI=1S/C39H44F5N6/c1-7-38(27-13-17-29(41)18-14-27)21-36(4,22-38)23-45-34-47-33(31-9-8-10-32(46-31)39(42,43)44)48-35(49-34)50(6)37(5)19-24(2)30(20-37)25(3)26-11-15-28(40)16-12-26/h8-18,24-25,30H,6-7,19-23H2,1-5H3,(H,45,47,48,49)/q+1. The summed E-state index contributed by atoms with van der Waals surface area (Å²) < 4.78 is 70.0. The second-order valence-electron chi connectivity index (χ2n) is 15.2. The van der Waals surface area contributed by atoms with Crippen LogP contribution in [0.25, 0.3) is 11.5 Å². The highest BCUT2D eigenvalue weighted by atomic mass is 19.4. The molecule has 2 aromatic heterocycles. The molecule has 0 radical (unpaired) electrons. The monoisotopic (exact) mass is 691 g/mol. The Balaban J connectivity index is 1.28. The van der Waals surface area contributed by atoms with Gasteiger partial charge in [0.2, 0.25) is 0 Å². The minimum atomic E-state index is -4.63. The smallest absolute Gasteiger partial charge is 0.339 e. The molecule has 2 heterocycles. The Hall–Kier alpha value is -4.28. The van der Waals surface area contributed by atoms with Crippen molar-refractivity contribution in [1.82, 2.24) is 19.9 Å². The number of rotatable bonds is 10. The normalized spacial score (nSPS) is 27.1. The molecule has 6 rings (SSSR count). The lowest BCUT2D eigenvalue weighted by Gasteiger charge is -2.55. The van der Waals surface area contributed by atoms with Gasteiger partial charge in [0, 0.05) is 13.3 Å². The summed E-state index contributed by atoms with van der Waals surface area (Å²) in [6.45, 7) is 15.7. The highest BCUT2D eigenvalue weighted by molar-refractivity contribution is 5.53. The summed E-state index contributed by atoms with van der Waals surface area (Å²) in [4.78, 5) is 17.8. The van der Waals surface area contributed by atoms with Crippen LogP contribution in [-0.2, 0) is 11.6 Å². The van der Waals surface area contributed by atoms with E-state index in [1.54, 1.807) is 4.58 Å². The van der Waals surface area contributed by atoms with E-state index in [0.717, 1.165) is 49.3 Å². The first-order valence-corrected chi connectivity index (χ1v) is 17.2. The average molecular weight is 692 g/mol. The molecule has 0 aliphatic heterocycles. The van der Waals surface area contributed by atoms with E-state index in [4.69, 9.17) is 4.98 Å². The maximum Gasteiger partial charge on any atom is 0.438 e. The van der Waals surface area contributed by atoms with Crippen LogP contribution in [0.3, 0.4) is 0 Å². The third kappa shape index (κ3) is 7.01. The molecule has 4 aromatic rings. The Labute approximate surface area is 290 Å². The van der Waals surface area contributed by atoms with Gasteiger partial charge in [0.25, 0.3) is 5.82 Å². The molecule has 2 aliphatic rings. The van der Waals surface area contributed by atoms with Gasteiger partial charge in [-0.3, -0.25) is 0 Å². The number of hydrogen-bond acceptors (Lipinski definition) is 5. The lowest BCUT2D eigenvalue weighted by atomic mass is 9.50. The molecule has 0 saturated heterocycles. The fourth-order valence-corrected chi connectivity index (χ4v) is 8.64. The molecular weight excluding hydrogens is 647 g/mol. The van der Waals surface area contributed by atoms with Crippen molar-refractivity contribution in [1.29, 1.82) is 0 Å². The van der Waals surface area contributed by atoms with Gasteiger partial charge in [0.15, 0.2) is 0 Å². The van der Waals surface area contributed by atoms with E-state index >= 15 is 0 Å². The second kappa shape index (κ2) is 13.1. The molecule has 4 atom stereocenters. The first-order valence-electron chi connectivity index (χ1n) is 17.2. The maximum atomic E-state index is 13.7. The van der Waals surface area contributed by atoms with Crippen molar-refractivity contribution >= 4 is 18.6 Å². The van der Waals surface area contributed by atoms with Gasteiger partial charge < -0.3 is 5.32 Å². The lowest BCUT2D eigenvalue weighted by molar-refractivity contribution is -0.528. The van der Waals surface area contributed by atoms with Crippen molar-refractivity contribution in [3.05, 3.63) is 95.2 Å². The minimum absolute atomic E-state index is 0.0103. The molecule has 2 saturated carbocycles. The van der Waals surface area contributed by atoms with E-state index in [0.29, 0.717) is 12.5 Å². The van der Waals surface area contributed by atoms with Crippen LogP contribution in [0.4, 0.5) is 33.8 Å². The molecule has 6 nitrogen and oxygen atoms in total. The zero-order valence-electron chi connectivity index (χ0n) is 29.2. The molecule has 4 unspecified atom stereocenters. The molecule has 0 amide bonds. The van der Waals surface area contributed by atoms with Gasteiger partial charge in [-0.05, 0) is 125 Å². The second-order valence-corrected chi connectivity index (χ2v) is 15.2. The van der Waals surface area contributed by atoms with E-state index in [-0.39, 0.29) is 57.7 Å². The number of benzene rings is 2. The molecular formula is C39H44F5N6+. The molecule has 1 N–H and O–H groups in total. The van der Waals surface area contributed by atoms with Crippen LogP contribution in [0.5, 0.6) is 0 Å². The molecule has 0 spiro atoms. The molecule has 2 aromatic carbocycles. The van der Waals surface area contributed by atoms with E-state index < -0.39 is 17.4 Å². The van der Waals surface area contributed by atoms with E-state index in [9.17, 15) is 22.0 Å². The van der Waals surface area contributed by atoms with Gasteiger partial charge in [-0.25, -0.2) is 18.3 Å². The zero-order valence-corrected chi connectivity index (χ0v) is 29.2. The molecule has 11 heteroatoms. The van der Waals surface area contributed by atoms with Crippen molar-refractivity contribution in [2.75, 3.05) is 11.9 Å². The number of nitrogens with one attached hydrogen (secondary N) is 1. The zero-order chi connectivity index (χ0) is 36.1. The first-order chi connectivity index (χ1) is 23.5. The number of anilines is 1. The van der Waals surface area contributed by atoms with Gasteiger partial charge in [-0.2, -0.15) is 18.2 Å². The topological polar surface area (TPSA) is 66.6 Å². The number of halogens is 5. The minimum Gasteiger partial charge on any atom is -0.339 e. The van der Waals surface area contributed by atoms with Gasteiger partial charge >= 0.3 is 18.1 Å². The van der Waals surface area contributed by atoms with Crippen molar-refractivity contribution in [2.45, 2.75) is 89.8 Å². The summed E-state index contributed by atoms with van der Waals surface area (Å²) >= 11 is 0. The first kappa shape index (κ1) is 35.5. The lowest BCUT2D eigenvalue weighted by Crippen LogP contribution is -2.51. The number of pyridine rings is 1. The molecule has 50 heavy (non-hydrogen) atoms. The van der Waals surface area contributed by atoms with Gasteiger partial charge in [-0.1, -0.05) is 58.0 Å². The van der Waals surface area contributed by atoms with Crippen LogP contribution in [-0.4, -0.2) is 43.3 Å². The van der Waals surface area contributed by atoms with Crippen molar-refractivity contribution < 1.29 is 26.5 Å². The Bertz CT molecular complexity index is 1850. The van der Waals surface area contributed by atoms with Crippen LogP contribution in [0.1, 0.15) is 89.5 Å². The van der Waals surface area contributed by atoms with Gasteiger partial charge in [0.05, 0.1) is 5.54 Å². The SMILES string of the molecule is C=[N+](c1nc(NCC2(C)CC(CC)(c3ccc(F)cc3)C2)nc(-c2cccc(C(F)(F)F)n2)n1)C1(C)CC(C)C(C(C)c2ccc(F)cc2)C1. The number of hydrogen-bond donors (Lipinski definition) is 1. The number of nitrogens with zero attached hydrogens (tertiary/aromatic N) is 5. The van der Waals surface area contributed by atoms with Crippen LogP contribution >= 0.6 is 0 Å². The highest BCUT2D eigenvalue weighted by Gasteiger charge is 2.52. The molecule has 2 fully saturated rings. The summed E-state index contributed by atoms with van der Waals surface area (Å²) in [6.07, 6.45) is -0.477. The van der Waals surface area contributed by atoms with Gasteiger partial charge in [-0.15, -0.1) is 0 Å². The van der Waals surface area contributed by atoms with Crippen molar-refractivity contribution in [2.24, 2.45) is 17.3 Å². The van der Waals surface area contributed by atoms with Crippen molar-refractivity contribution in [3.8, 4) is 11.5 Å². The summed E-state index contributed by atoms with van der Waals surface area (Å²) in [7, 11) is 0. The predicted octanol–water partition coefficient (Wildman–Crippen LogP) is 9.74.